The summed E-state index contributed by atoms with van der Waals surface area (Å²) >= 11 is 15.2. The Labute approximate surface area is 127 Å². The van der Waals surface area contributed by atoms with Crippen molar-refractivity contribution in [1.29, 1.82) is 0 Å². The highest BCUT2D eigenvalue weighted by atomic mass is 127. The van der Waals surface area contributed by atoms with Crippen LogP contribution in [0.2, 0.25) is 8.67 Å². The van der Waals surface area contributed by atoms with Crippen LogP contribution in [0.4, 0.5) is 0 Å². The first-order chi connectivity index (χ1) is 8.00. The van der Waals surface area contributed by atoms with Crippen LogP contribution in [-0.2, 0) is 0 Å². The van der Waals surface area contributed by atoms with Crippen LogP contribution in [0.15, 0.2) is 24.3 Å². The molecule has 2 aromatic rings. The van der Waals surface area contributed by atoms with E-state index in [1.165, 1.54) is 11.3 Å². The van der Waals surface area contributed by atoms with Gasteiger partial charge >= 0.3 is 0 Å². The molecule has 0 N–H and O–H groups in total. The molecule has 0 radical (unpaired) electrons. The number of hydrogen-bond donors (Lipinski definition) is 0. The van der Waals surface area contributed by atoms with Crippen molar-refractivity contribution in [2.75, 3.05) is 0 Å². The smallest absolute Gasteiger partial charge is 0.196 e. The maximum atomic E-state index is 12.3. The number of thiophene rings is 1. The summed E-state index contributed by atoms with van der Waals surface area (Å²) in [7, 11) is 0. The van der Waals surface area contributed by atoms with Gasteiger partial charge in [-0.25, -0.2) is 0 Å². The molecule has 0 atom stereocenters. The molecule has 0 aliphatic heterocycles. The van der Waals surface area contributed by atoms with E-state index in [9.17, 15) is 4.79 Å². The van der Waals surface area contributed by atoms with Crippen molar-refractivity contribution < 1.29 is 4.79 Å². The summed E-state index contributed by atoms with van der Waals surface area (Å²) in [5.41, 5.74) is 2.22. The average Bonchev–Trinajstić information content (AvgIpc) is 2.61. The van der Waals surface area contributed by atoms with Crippen molar-refractivity contribution in [3.05, 3.63) is 53.2 Å². The van der Waals surface area contributed by atoms with Crippen LogP contribution >= 0.6 is 57.1 Å². The maximum absolute atomic E-state index is 12.3. The normalized spacial score (nSPS) is 10.6. The lowest BCUT2D eigenvalue weighted by Gasteiger charge is -2.05. The van der Waals surface area contributed by atoms with Crippen LogP contribution < -0.4 is 0 Å². The number of halogens is 3. The van der Waals surface area contributed by atoms with Crippen molar-refractivity contribution in [2.45, 2.75) is 6.92 Å². The van der Waals surface area contributed by atoms with Crippen molar-refractivity contribution in [2.24, 2.45) is 0 Å². The van der Waals surface area contributed by atoms with Gasteiger partial charge in [0.15, 0.2) is 5.78 Å². The lowest BCUT2D eigenvalue weighted by atomic mass is 10.0. The summed E-state index contributed by atoms with van der Waals surface area (Å²) in [6, 6.07) is 7.27. The third-order valence-electron chi connectivity index (χ3n) is 2.34. The Balaban J connectivity index is 2.51. The Kier molecular flexibility index (Phi) is 4.13. The van der Waals surface area contributed by atoms with E-state index in [1.807, 2.05) is 19.1 Å². The molecule has 0 amide bonds. The fourth-order valence-corrected chi connectivity index (χ4v) is 3.53. The minimum Gasteiger partial charge on any atom is -0.288 e. The topological polar surface area (TPSA) is 17.1 Å². The predicted octanol–water partition coefficient (Wildman–Crippen LogP) is 5.20. The van der Waals surface area contributed by atoms with E-state index < -0.39 is 0 Å². The Morgan fingerprint density at radius 2 is 2.00 bits per heavy atom. The second kappa shape index (κ2) is 5.26. The van der Waals surface area contributed by atoms with Crippen molar-refractivity contribution in [3.63, 3.8) is 0 Å². The molecule has 0 aliphatic rings. The van der Waals surface area contributed by atoms with E-state index in [1.54, 1.807) is 12.1 Å². The van der Waals surface area contributed by atoms with Crippen LogP contribution in [0.3, 0.4) is 0 Å². The molecule has 0 spiro atoms. The number of aryl methyl sites for hydroxylation is 1. The van der Waals surface area contributed by atoms with Gasteiger partial charge in [0.2, 0.25) is 0 Å². The molecule has 0 unspecified atom stereocenters. The molecule has 0 saturated heterocycles. The van der Waals surface area contributed by atoms with E-state index in [0.717, 1.165) is 9.13 Å². The number of carbonyl (C=O) groups excluding carboxylic acids is 1. The standard InChI is InChI=1S/C12H7Cl2IOS/c1-6-3-2-4-7(10(6)15)11(16)8-5-9(13)17-12(8)14/h2-5H,1H3. The first-order valence-electron chi connectivity index (χ1n) is 4.75. The highest BCUT2D eigenvalue weighted by Crippen LogP contribution is 2.33. The van der Waals surface area contributed by atoms with Gasteiger partial charge in [0.05, 0.1) is 9.90 Å². The predicted molar refractivity (Wildman–Crippen MR) is 81.7 cm³/mol. The molecule has 17 heavy (non-hydrogen) atoms. The summed E-state index contributed by atoms with van der Waals surface area (Å²) in [4.78, 5) is 12.3. The molecule has 1 nitrogen and oxygen atoms in total. The van der Waals surface area contributed by atoms with Gasteiger partial charge in [0, 0.05) is 9.13 Å². The van der Waals surface area contributed by atoms with Crippen LogP contribution in [-0.4, -0.2) is 5.78 Å². The fraction of sp³-hybridized carbons (Fsp3) is 0.0833. The minimum atomic E-state index is -0.0775. The van der Waals surface area contributed by atoms with Crippen molar-refractivity contribution >= 4 is 62.9 Å². The van der Waals surface area contributed by atoms with Gasteiger partial charge in [-0.05, 0) is 47.2 Å². The van der Waals surface area contributed by atoms with Gasteiger partial charge in [-0.3, -0.25) is 4.79 Å². The second-order valence-corrected chi connectivity index (χ2v) is 6.87. The molecule has 1 heterocycles. The fourth-order valence-electron chi connectivity index (χ4n) is 1.46. The largest absolute Gasteiger partial charge is 0.288 e. The first-order valence-corrected chi connectivity index (χ1v) is 7.40. The summed E-state index contributed by atoms with van der Waals surface area (Å²) < 4.78 is 1.92. The molecule has 1 aromatic heterocycles. The minimum absolute atomic E-state index is 0.0775. The second-order valence-electron chi connectivity index (χ2n) is 3.50. The maximum Gasteiger partial charge on any atom is 0.196 e. The van der Waals surface area contributed by atoms with Gasteiger partial charge in [-0.1, -0.05) is 35.3 Å². The highest BCUT2D eigenvalue weighted by Gasteiger charge is 2.18. The van der Waals surface area contributed by atoms with Crippen LogP contribution in [0.25, 0.3) is 0 Å². The number of benzene rings is 1. The molecule has 88 valence electrons. The van der Waals surface area contributed by atoms with Crippen LogP contribution in [0.5, 0.6) is 0 Å². The number of ketones is 1. The molecular weight excluding hydrogens is 390 g/mol. The zero-order chi connectivity index (χ0) is 12.6. The third-order valence-corrected chi connectivity index (χ3v) is 5.26. The van der Waals surface area contributed by atoms with Crippen molar-refractivity contribution in [1.82, 2.24) is 0 Å². The number of rotatable bonds is 2. The molecule has 0 fully saturated rings. The van der Waals surface area contributed by atoms with Crippen molar-refractivity contribution in [3.8, 4) is 0 Å². The first kappa shape index (κ1) is 13.3. The molecular formula is C12H7Cl2IOS. The SMILES string of the molecule is Cc1cccc(C(=O)c2cc(Cl)sc2Cl)c1I. The Hall–Kier alpha value is -0.1000. The molecule has 1 aromatic carbocycles. The van der Waals surface area contributed by atoms with E-state index in [-0.39, 0.29) is 5.78 Å². The van der Waals surface area contributed by atoms with Gasteiger partial charge in [-0.2, -0.15) is 0 Å². The van der Waals surface area contributed by atoms with E-state index in [4.69, 9.17) is 23.2 Å². The quantitative estimate of drug-likeness (QED) is 0.503. The molecule has 5 heteroatoms. The lowest BCUT2D eigenvalue weighted by molar-refractivity contribution is 0.103. The zero-order valence-corrected chi connectivity index (χ0v) is 13.2. The van der Waals surface area contributed by atoms with Gasteiger partial charge in [0.1, 0.15) is 4.34 Å². The Morgan fingerprint density at radius 3 is 2.59 bits per heavy atom. The summed E-state index contributed by atoms with van der Waals surface area (Å²) in [5.74, 6) is -0.0775. The van der Waals surface area contributed by atoms with Gasteiger partial charge in [-0.15, -0.1) is 11.3 Å². The summed E-state index contributed by atoms with van der Waals surface area (Å²) in [6.07, 6.45) is 0. The van der Waals surface area contributed by atoms with Crippen LogP contribution in [0, 0.1) is 10.5 Å². The summed E-state index contributed by atoms with van der Waals surface area (Å²) in [5, 5.41) is 0. The highest BCUT2D eigenvalue weighted by molar-refractivity contribution is 14.1. The van der Waals surface area contributed by atoms with Gasteiger partial charge < -0.3 is 0 Å². The molecule has 0 bridgehead atoms. The lowest BCUT2D eigenvalue weighted by Crippen LogP contribution is -2.04. The Bertz CT molecular complexity index is 592. The van der Waals surface area contributed by atoms with E-state index >= 15 is 0 Å². The molecule has 0 aliphatic carbocycles. The van der Waals surface area contributed by atoms with E-state index in [0.29, 0.717) is 19.8 Å². The van der Waals surface area contributed by atoms with Gasteiger partial charge in [0.25, 0.3) is 0 Å². The molecule has 0 saturated carbocycles. The van der Waals surface area contributed by atoms with Crippen LogP contribution in [0.1, 0.15) is 21.5 Å². The van der Waals surface area contributed by atoms with E-state index in [2.05, 4.69) is 22.6 Å². The number of hydrogen-bond acceptors (Lipinski definition) is 2. The average molecular weight is 397 g/mol. The molecule has 2 rings (SSSR count). The number of carbonyl (C=O) groups is 1. The summed E-state index contributed by atoms with van der Waals surface area (Å²) in [6.45, 7) is 1.97. The third kappa shape index (κ3) is 2.67. The monoisotopic (exact) mass is 396 g/mol. The zero-order valence-electron chi connectivity index (χ0n) is 8.76. The Morgan fingerprint density at radius 1 is 1.29 bits per heavy atom.